The summed E-state index contributed by atoms with van der Waals surface area (Å²) in [6.07, 6.45) is 12.4. The number of nitrogen functional groups attached to an aromatic ring is 1. The van der Waals surface area contributed by atoms with Crippen molar-refractivity contribution in [2.24, 2.45) is 0 Å². The van der Waals surface area contributed by atoms with E-state index in [1.807, 2.05) is 30.7 Å². The van der Waals surface area contributed by atoms with Gasteiger partial charge in [-0.15, -0.1) is 0 Å². The largest absolute Gasteiger partial charge is 0.384 e. The molecule has 0 aromatic carbocycles. The molecule has 4 aromatic heterocycles. The molecule has 0 aliphatic heterocycles. The first-order valence-corrected chi connectivity index (χ1v) is 13.9. The van der Waals surface area contributed by atoms with Crippen molar-refractivity contribution >= 4 is 32.7 Å². The summed E-state index contributed by atoms with van der Waals surface area (Å²) in [6.45, 7) is 0. The number of pyridine rings is 3. The molecule has 9 nitrogen and oxygen atoms in total. The van der Waals surface area contributed by atoms with E-state index in [-0.39, 0.29) is 17.3 Å². The average molecular weight is 504 g/mol. The summed E-state index contributed by atoms with van der Waals surface area (Å²) >= 11 is 0. The monoisotopic (exact) mass is 503 g/mol. The van der Waals surface area contributed by atoms with E-state index in [9.17, 15) is 8.42 Å². The molecular weight excluding hydrogens is 474 g/mol. The highest BCUT2D eigenvalue weighted by Gasteiger charge is 2.37. The smallest absolute Gasteiger partial charge is 0.214 e. The Hall–Kier alpha value is -3.50. The van der Waals surface area contributed by atoms with Gasteiger partial charge < -0.3 is 16.0 Å². The van der Waals surface area contributed by atoms with Crippen molar-refractivity contribution in [2.75, 3.05) is 11.1 Å². The van der Waals surface area contributed by atoms with Gasteiger partial charge in [0.15, 0.2) is 0 Å². The van der Waals surface area contributed by atoms with Crippen LogP contribution in [0.2, 0.25) is 0 Å². The minimum absolute atomic E-state index is 0.0390. The van der Waals surface area contributed by atoms with E-state index >= 15 is 0 Å². The third-order valence-corrected chi connectivity index (χ3v) is 9.11. The second kappa shape index (κ2) is 9.18. The first-order valence-electron chi connectivity index (χ1n) is 12.4. The maximum absolute atomic E-state index is 12.2. The molecule has 0 unspecified atom stereocenters. The molecule has 0 amide bonds. The van der Waals surface area contributed by atoms with Gasteiger partial charge in [0.2, 0.25) is 10.0 Å². The van der Waals surface area contributed by atoms with Crippen molar-refractivity contribution in [3.63, 3.8) is 0 Å². The lowest BCUT2D eigenvalue weighted by Gasteiger charge is -2.30. The van der Waals surface area contributed by atoms with Crippen LogP contribution in [0.25, 0.3) is 33.3 Å². The molecule has 10 heteroatoms. The summed E-state index contributed by atoms with van der Waals surface area (Å²) in [5.74, 6) is 1.30. The number of anilines is 2. The predicted molar refractivity (Wildman–Crippen MR) is 142 cm³/mol. The van der Waals surface area contributed by atoms with Crippen LogP contribution in [0.5, 0.6) is 0 Å². The quantitative estimate of drug-likeness (QED) is 0.298. The maximum Gasteiger partial charge on any atom is 0.214 e. The predicted octanol–water partition coefficient (Wildman–Crippen LogP) is 4.07. The fourth-order valence-electron chi connectivity index (χ4n) is 4.92. The fraction of sp³-hybridized carbons (Fsp3) is 0.346. The third kappa shape index (κ3) is 4.78. The normalized spacial score (nSPS) is 20.4. The zero-order valence-electron chi connectivity index (χ0n) is 19.8. The Morgan fingerprint density at radius 1 is 0.861 bits per heavy atom. The minimum Gasteiger partial charge on any atom is -0.384 e. The van der Waals surface area contributed by atoms with Gasteiger partial charge >= 0.3 is 0 Å². The first kappa shape index (κ1) is 22.9. The maximum atomic E-state index is 12.2. The van der Waals surface area contributed by atoms with Crippen LogP contribution >= 0.6 is 0 Å². The van der Waals surface area contributed by atoms with Gasteiger partial charge in [-0.25, -0.2) is 28.1 Å². The second-order valence-corrected chi connectivity index (χ2v) is 11.8. The third-order valence-electron chi connectivity index (χ3n) is 7.10. The van der Waals surface area contributed by atoms with E-state index in [0.717, 1.165) is 77.6 Å². The minimum atomic E-state index is -3.13. The molecule has 2 aliphatic carbocycles. The van der Waals surface area contributed by atoms with E-state index in [1.54, 1.807) is 12.3 Å². The van der Waals surface area contributed by atoms with Gasteiger partial charge in [-0.2, -0.15) is 0 Å². The van der Waals surface area contributed by atoms with Crippen LogP contribution in [0.15, 0.2) is 55.1 Å². The van der Waals surface area contributed by atoms with Crippen molar-refractivity contribution in [3.8, 4) is 22.3 Å². The lowest BCUT2D eigenvalue weighted by molar-refractivity contribution is 0.386. The molecule has 36 heavy (non-hydrogen) atoms. The number of aromatic amines is 1. The van der Waals surface area contributed by atoms with E-state index in [4.69, 9.17) is 5.73 Å². The van der Waals surface area contributed by atoms with Crippen molar-refractivity contribution < 1.29 is 8.42 Å². The standard InChI is InChI=1S/C26H29N7O2S/c27-24-8-1-17(13-29-24)18-11-22-23(15-31-26(22)30-14-18)16-9-10-28-25(12-16)32-19-2-4-20(5-3-19)33-36(34,35)21-6-7-21/h1,8-15,19-21,33H,2-7H2,(H2,27,29)(H,28,32)(H,30,31)/t19-,20-. The topological polar surface area (TPSA) is 139 Å². The lowest BCUT2D eigenvalue weighted by Crippen LogP contribution is -2.41. The number of fused-ring (bicyclic) bond motifs is 1. The molecule has 0 spiro atoms. The zero-order chi connectivity index (χ0) is 24.7. The fourth-order valence-corrected chi connectivity index (χ4v) is 6.57. The molecule has 2 fully saturated rings. The van der Waals surface area contributed by atoms with Crippen LogP contribution in [0.1, 0.15) is 38.5 Å². The molecule has 6 rings (SSSR count). The van der Waals surface area contributed by atoms with Crippen LogP contribution in [-0.4, -0.2) is 45.7 Å². The summed E-state index contributed by atoms with van der Waals surface area (Å²) in [4.78, 5) is 16.6. The summed E-state index contributed by atoms with van der Waals surface area (Å²) < 4.78 is 27.4. The number of hydrogen-bond acceptors (Lipinski definition) is 7. The van der Waals surface area contributed by atoms with Crippen LogP contribution in [-0.2, 0) is 10.0 Å². The second-order valence-electron chi connectivity index (χ2n) is 9.78. The summed E-state index contributed by atoms with van der Waals surface area (Å²) in [7, 11) is -3.13. The Balaban J connectivity index is 1.17. The molecule has 2 aliphatic rings. The SMILES string of the molecule is Nc1ccc(-c2cnc3[nH]cc(-c4ccnc(N[C@H]5CC[C@H](NS(=O)(=O)C6CC6)CC5)c4)c3c2)cn1. The molecule has 5 N–H and O–H groups in total. The van der Waals surface area contributed by atoms with Gasteiger partial charge in [0.05, 0.1) is 5.25 Å². The summed E-state index contributed by atoms with van der Waals surface area (Å²) in [6, 6.07) is 10.2. The van der Waals surface area contributed by atoms with E-state index in [0.29, 0.717) is 5.82 Å². The van der Waals surface area contributed by atoms with Crippen molar-refractivity contribution in [3.05, 3.63) is 55.1 Å². The molecule has 0 atom stereocenters. The first-order chi connectivity index (χ1) is 17.4. The van der Waals surface area contributed by atoms with Gasteiger partial charge in [0, 0.05) is 58.9 Å². The number of nitrogens with zero attached hydrogens (tertiary/aromatic N) is 3. The summed E-state index contributed by atoms with van der Waals surface area (Å²) in [5, 5.41) is 4.41. The number of aromatic nitrogens is 4. The number of H-pyrrole nitrogens is 1. The van der Waals surface area contributed by atoms with Gasteiger partial charge in [0.25, 0.3) is 0 Å². The van der Waals surface area contributed by atoms with E-state index < -0.39 is 10.0 Å². The van der Waals surface area contributed by atoms with Crippen LogP contribution in [0, 0.1) is 0 Å². The van der Waals surface area contributed by atoms with Crippen molar-refractivity contribution in [1.82, 2.24) is 24.7 Å². The molecule has 4 aromatic rings. The van der Waals surface area contributed by atoms with Crippen molar-refractivity contribution in [2.45, 2.75) is 55.9 Å². The van der Waals surface area contributed by atoms with E-state index in [2.05, 4.69) is 42.1 Å². The summed E-state index contributed by atoms with van der Waals surface area (Å²) in [5.41, 5.74) is 10.6. The molecule has 186 valence electrons. The number of rotatable bonds is 7. The Morgan fingerprint density at radius 3 is 2.39 bits per heavy atom. The van der Waals surface area contributed by atoms with E-state index in [1.165, 1.54) is 0 Å². The average Bonchev–Trinajstić information content (AvgIpc) is 3.66. The molecule has 0 saturated heterocycles. The molecule has 4 heterocycles. The van der Waals surface area contributed by atoms with Gasteiger partial charge in [0.1, 0.15) is 17.3 Å². The Morgan fingerprint density at radius 2 is 1.64 bits per heavy atom. The Bertz CT molecular complexity index is 1490. The highest BCUT2D eigenvalue weighted by molar-refractivity contribution is 7.90. The van der Waals surface area contributed by atoms with Crippen LogP contribution in [0.3, 0.4) is 0 Å². The molecular formula is C26H29N7O2S. The van der Waals surface area contributed by atoms with Crippen molar-refractivity contribution in [1.29, 1.82) is 0 Å². The highest BCUT2D eigenvalue weighted by Crippen LogP contribution is 2.33. The van der Waals surface area contributed by atoms with Crippen LogP contribution < -0.4 is 15.8 Å². The number of nitrogens with two attached hydrogens (primary N) is 1. The highest BCUT2D eigenvalue weighted by atomic mass is 32.2. The Kier molecular flexibility index (Phi) is 5.85. The Labute approximate surface area is 210 Å². The van der Waals surface area contributed by atoms with Crippen LogP contribution in [0.4, 0.5) is 11.6 Å². The number of sulfonamides is 1. The zero-order valence-corrected chi connectivity index (χ0v) is 20.6. The van der Waals surface area contributed by atoms with Gasteiger partial charge in [-0.05, 0) is 74.4 Å². The number of nitrogens with one attached hydrogen (secondary N) is 3. The lowest BCUT2D eigenvalue weighted by atomic mass is 9.92. The molecule has 0 radical (unpaired) electrons. The molecule has 0 bridgehead atoms. The number of hydrogen-bond donors (Lipinski definition) is 4. The molecule has 2 saturated carbocycles. The van der Waals surface area contributed by atoms with Gasteiger partial charge in [-0.3, -0.25) is 0 Å². The van der Waals surface area contributed by atoms with Gasteiger partial charge in [-0.1, -0.05) is 0 Å².